The quantitative estimate of drug-likeness (QED) is 0.0308. The predicted molar refractivity (Wildman–Crippen MR) is 472 cm³/mol. The third-order valence-corrected chi connectivity index (χ3v) is 29.6. The van der Waals surface area contributed by atoms with Crippen LogP contribution in [0.1, 0.15) is 193 Å². The summed E-state index contributed by atoms with van der Waals surface area (Å²) < 4.78 is 144. The number of hydrogen-bond acceptors (Lipinski definition) is 28. The molecule has 0 bridgehead atoms. The average Bonchev–Trinajstić information content (AvgIpc) is 1.53. The highest BCUT2D eigenvalue weighted by Crippen LogP contribution is 2.71. The second-order valence-electron chi connectivity index (χ2n) is 38.9. The van der Waals surface area contributed by atoms with Crippen LogP contribution in [0, 0.1) is 46.3 Å². The van der Waals surface area contributed by atoms with Crippen molar-refractivity contribution in [3.8, 4) is 0 Å². The normalized spacial score (nSPS) is 37.2. The summed E-state index contributed by atoms with van der Waals surface area (Å²) in [7, 11) is 0. The summed E-state index contributed by atoms with van der Waals surface area (Å²) in [6, 6.07) is 55.1. The second kappa shape index (κ2) is 38.3. The molecule has 704 valence electrons. The van der Waals surface area contributed by atoms with E-state index in [4.69, 9.17) is 99.5 Å². The third-order valence-electron chi connectivity index (χ3n) is 29.6. The van der Waals surface area contributed by atoms with Crippen LogP contribution >= 0.6 is 0 Å². The lowest BCUT2D eigenvalue weighted by Crippen LogP contribution is -2.68. The number of fused-ring (bicyclic) bond motifs is 9. The standard InChI is InChI=1S/C105H116O28/c1-59-47-52-105(116-55-59)60(2)78-74(130-105)54-73-71-46-45-69-53-70(48-50-103(69,8)72(71)49-51-104(73,78)9)118-97-86(82-77(58-115-97)129-101(4,5)131-82)128-100-89-85(132-102(6,7)133-89)79(61(3)117-100)126-98-88(125-96(112)68-43-29-16-30-44-68)84(123-94(110)66-39-25-14-26-40-66)81(76(120-98)57-114-91(107)63-33-19-11-20-34-63)127-99-87(124-95(111)67-41-27-15-28-42-67)83(122-93(109)65-37-23-13-24-38-65)80(121-92(108)64-35-21-12-22-36-64)75(119-99)56-113-90(106)62-31-17-10-18-32-62/h10-45,59-61,70-89,97-100H,46-58H2,1-9H3/t59-,60+,61+,70+,71-,72+,73+,74+,75-,76-,77+,78+,79+,80+,81-,82+,83+,84+,85-,86-,87-,88-,89-,97+,98+,99+,100+,103+,104+,105-/m1/s1. The van der Waals surface area contributed by atoms with Crippen molar-refractivity contribution in [1.82, 2.24) is 0 Å². The van der Waals surface area contributed by atoms with Gasteiger partial charge in [-0.25, -0.2) is 33.6 Å². The molecule has 1 spiro atoms. The van der Waals surface area contributed by atoms with E-state index in [1.165, 1.54) is 90.5 Å². The van der Waals surface area contributed by atoms with Crippen molar-refractivity contribution in [3.05, 3.63) is 263 Å². The van der Waals surface area contributed by atoms with Gasteiger partial charge in [0, 0.05) is 12.3 Å². The lowest BCUT2D eigenvalue weighted by Gasteiger charge is -2.58. The molecule has 11 fully saturated rings. The number of allylic oxidation sites excluding steroid dienone is 1. The summed E-state index contributed by atoms with van der Waals surface area (Å²) in [5.41, 5.74) is 1.72. The van der Waals surface area contributed by atoms with Gasteiger partial charge in [-0.2, -0.15) is 0 Å². The molecule has 8 aliphatic heterocycles. The van der Waals surface area contributed by atoms with Crippen molar-refractivity contribution < 1.29 is 133 Å². The molecule has 19 rings (SSSR count). The van der Waals surface area contributed by atoms with Gasteiger partial charge in [-0.15, -0.1) is 0 Å². The van der Waals surface area contributed by atoms with Gasteiger partial charge in [-0.1, -0.05) is 167 Å². The van der Waals surface area contributed by atoms with E-state index in [0.717, 1.165) is 58.0 Å². The first-order valence-electron chi connectivity index (χ1n) is 46.8. The lowest BCUT2D eigenvalue weighted by atomic mass is 9.47. The molecule has 30 atom stereocenters. The summed E-state index contributed by atoms with van der Waals surface area (Å²) in [6.07, 6.45) is -17.6. The minimum atomic E-state index is -2.18. The van der Waals surface area contributed by atoms with Gasteiger partial charge in [0.15, 0.2) is 73.0 Å². The number of esters is 7. The van der Waals surface area contributed by atoms with Crippen LogP contribution in [0.25, 0.3) is 0 Å². The van der Waals surface area contributed by atoms with Crippen LogP contribution in [0.15, 0.2) is 224 Å². The van der Waals surface area contributed by atoms with E-state index in [2.05, 4.69) is 33.8 Å². The highest BCUT2D eigenvalue weighted by molar-refractivity contribution is 5.93. The van der Waals surface area contributed by atoms with Crippen LogP contribution in [0.4, 0.5) is 0 Å². The summed E-state index contributed by atoms with van der Waals surface area (Å²) in [6.45, 7) is 17.9. The number of carbonyl (C=O) groups is 7. The molecule has 7 aromatic carbocycles. The highest BCUT2D eigenvalue weighted by Gasteiger charge is 2.70. The first-order valence-corrected chi connectivity index (χ1v) is 46.8. The van der Waals surface area contributed by atoms with E-state index in [-0.39, 0.29) is 68.6 Å². The van der Waals surface area contributed by atoms with Crippen molar-refractivity contribution in [2.75, 3.05) is 26.4 Å². The Bertz CT molecular complexity index is 5290. The third kappa shape index (κ3) is 18.9. The van der Waals surface area contributed by atoms with E-state index in [1.54, 1.807) is 148 Å². The van der Waals surface area contributed by atoms with Gasteiger partial charge in [-0.3, -0.25) is 0 Å². The van der Waals surface area contributed by atoms with E-state index in [9.17, 15) is 14.4 Å². The average molecular weight is 1830 g/mol. The van der Waals surface area contributed by atoms with E-state index >= 15 is 19.2 Å². The van der Waals surface area contributed by atoms with E-state index < -0.39 is 189 Å². The zero-order valence-electron chi connectivity index (χ0n) is 76.0. The molecule has 4 aliphatic carbocycles. The van der Waals surface area contributed by atoms with Crippen LogP contribution in [0.2, 0.25) is 0 Å². The maximum absolute atomic E-state index is 15.6. The monoisotopic (exact) mass is 1820 g/mol. The zero-order valence-corrected chi connectivity index (χ0v) is 76.0. The van der Waals surface area contributed by atoms with Crippen LogP contribution in [0.5, 0.6) is 0 Å². The Kier molecular flexibility index (Phi) is 26.5. The van der Waals surface area contributed by atoms with Gasteiger partial charge in [0.05, 0.1) is 70.5 Å². The van der Waals surface area contributed by atoms with Crippen LogP contribution in [-0.2, 0) is 99.5 Å². The molecule has 3 saturated carbocycles. The Hall–Kier alpha value is -9.99. The van der Waals surface area contributed by atoms with Crippen molar-refractivity contribution in [2.45, 2.75) is 266 Å². The molecule has 0 amide bonds. The largest absolute Gasteiger partial charge is 0.459 e. The SMILES string of the molecule is C[C@@H]1CC[C@@]2(OC1)O[C@H]1C[C@H]3[C@@H]4CC=C5C[C@@H](O[C@@H]6OC[C@@H]7OC(C)(C)O[C@@H]7[C@H]6O[C@@H]6O[C@@H](C)[C@H](O[C@@H]7O[C@H](COC(=O)c8ccccc8)[C@@H](O[C@@H]8O[C@H](COC(=O)c9ccccc9)[C@H](OC(=O)c9ccccc9)[C@H](OC(=O)c9ccccc9)[C@H]8OC(=O)c8ccccc8)[C@H](OC(=O)c8ccccc8)[C@H]7OC(=O)c7ccccc7)[C@H]7OC(C)(C)O[C@@H]67)CC[C@]5(C)[C@H]4CC[C@]3(C)[C@H]1[C@@H]2C. The highest BCUT2D eigenvalue weighted by atomic mass is 16.8. The molecule has 7 aromatic rings. The van der Waals surface area contributed by atoms with Gasteiger partial charge >= 0.3 is 41.8 Å². The molecule has 12 aliphatic rings. The summed E-state index contributed by atoms with van der Waals surface area (Å²) >= 11 is 0. The molecular weight excluding hydrogens is 1710 g/mol. The molecule has 28 nitrogen and oxygen atoms in total. The van der Waals surface area contributed by atoms with Crippen LogP contribution < -0.4 is 0 Å². The molecule has 8 heterocycles. The topological polar surface area (TPSA) is 313 Å². The number of benzene rings is 7. The van der Waals surface area contributed by atoms with Crippen molar-refractivity contribution in [3.63, 3.8) is 0 Å². The number of rotatable bonds is 24. The van der Waals surface area contributed by atoms with Crippen LogP contribution in [0.3, 0.4) is 0 Å². The first-order chi connectivity index (χ1) is 64.2. The fourth-order valence-electron chi connectivity index (χ4n) is 23.1. The zero-order chi connectivity index (χ0) is 92.2. The number of hydrogen-bond donors (Lipinski definition) is 0. The van der Waals surface area contributed by atoms with E-state index in [0.29, 0.717) is 41.9 Å². The summed E-state index contributed by atoms with van der Waals surface area (Å²) in [5, 5.41) is 0. The van der Waals surface area contributed by atoms with Gasteiger partial charge in [-0.05, 0) is 211 Å². The summed E-state index contributed by atoms with van der Waals surface area (Å²) in [5.74, 6) is -6.85. The molecule has 8 saturated heterocycles. The van der Waals surface area contributed by atoms with E-state index in [1.807, 2.05) is 13.8 Å². The summed E-state index contributed by atoms with van der Waals surface area (Å²) in [4.78, 5) is 105. The molecular formula is C105H116O28. The van der Waals surface area contributed by atoms with Gasteiger partial charge in [0.1, 0.15) is 68.1 Å². The number of carbonyl (C=O) groups excluding carboxylic acids is 7. The molecule has 133 heavy (non-hydrogen) atoms. The van der Waals surface area contributed by atoms with Crippen LogP contribution in [-0.4, -0.2) is 215 Å². The minimum absolute atomic E-state index is 0.00843. The Balaban J connectivity index is 0.659. The Morgan fingerprint density at radius 2 is 0.812 bits per heavy atom. The molecule has 0 unspecified atom stereocenters. The second-order valence-corrected chi connectivity index (χ2v) is 38.9. The van der Waals surface area contributed by atoms with Gasteiger partial charge in [0.25, 0.3) is 0 Å². The Labute approximate surface area is 773 Å². The van der Waals surface area contributed by atoms with Gasteiger partial charge < -0.3 is 99.5 Å². The maximum Gasteiger partial charge on any atom is 0.338 e. The van der Waals surface area contributed by atoms with Crippen molar-refractivity contribution in [2.24, 2.45) is 46.3 Å². The molecule has 0 N–H and O–H groups in total. The minimum Gasteiger partial charge on any atom is -0.459 e. The fraction of sp³-hybridized carbons (Fsp3) is 0.514. The number of ether oxygens (including phenoxy) is 21. The predicted octanol–water partition coefficient (Wildman–Crippen LogP) is 15.3. The van der Waals surface area contributed by atoms with Gasteiger partial charge in [0.2, 0.25) is 0 Å². The van der Waals surface area contributed by atoms with Crippen molar-refractivity contribution in [1.29, 1.82) is 0 Å². The smallest absolute Gasteiger partial charge is 0.338 e. The Morgan fingerprint density at radius 3 is 1.31 bits per heavy atom. The fourth-order valence-corrected chi connectivity index (χ4v) is 23.1. The molecule has 0 radical (unpaired) electrons. The Morgan fingerprint density at radius 1 is 0.376 bits per heavy atom. The van der Waals surface area contributed by atoms with Crippen molar-refractivity contribution >= 4 is 41.8 Å². The lowest BCUT2D eigenvalue weighted by molar-refractivity contribution is -0.377. The first kappa shape index (κ1) is 92.1. The maximum atomic E-state index is 15.6. The molecule has 28 heteroatoms. The molecule has 0 aromatic heterocycles.